The zero-order valence-electron chi connectivity index (χ0n) is 9.38. The van der Waals surface area contributed by atoms with E-state index in [4.69, 9.17) is 0 Å². The number of carbonyl (C=O) groups excluding carboxylic acids is 1. The summed E-state index contributed by atoms with van der Waals surface area (Å²) < 4.78 is 0. The minimum Gasteiger partial charge on any atom is -0.550 e. The molecule has 0 saturated heterocycles. The lowest BCUT2D eigenvalue weighted by atomic mass is 9.92. The molecule has 3 nitrogen and oxygen atoms in total. The van der Waals surface area contributed by atoms with Crippen molar-refractivity contribution in [2.45, 2.75) is 58.5 Å². The van der Waals surface area contributed by atoms with Gasteiger partial charge in [0, 0.05) is 5.97 Å². The molecule has 0 radical (unpaired) electrons. The number of aliphatic hydroxyl groups is 1. The average molecular weight is 201 g/mol. The first-order valence-corrected chi connectivity index (χ1v) is 5.32. The lowest BCUT2D eigenvalue weighted by Crippen LogP contribution is -2.30. The molecule has 0 spiro atoms. The number of hydrogen-bond acceptors (Lipinski definition) is 3. The molecule has 0 aliphatic carbocycles. The van der Waals surface area contributed by atoms with Gasteiger partial charge >= 0.3 is 0 Å². The van der Waals surface area contributed by atoms with Crippen molar-refractivity contribution < 1.29 is 15.0 Å². The van der Waals surface area contributed by atoms with Crippen LogP contribution in [0.1, 0.15) is 52.9 Å². The van der Waals surface area contributed by atoms with Crippen LogP contribution >= 0.6 is 0 Å². The summed E-state index contributed by atoms with van der Waals surface area (Å²) in [6.07, 6.45) is 3.71. The van der Waals surface area contributed by atoms with Gasteiger partial charge in [-0.15, -0.1) is 0 Å². The summed E-state index contributed by atoms with van der Waals surface area (Å²) in [6.45, 7) is 5.47. The molecule has 84 valence electrons. The molecular formula is C11H21O3-. The Hall–Kier alpha value is -0.570. The maximum Gasteiger partial charge on any atom is 0.0619 e. The van der Waals surface area contributed by atoms with Crippen LogP contribution < -0.4 is 5.11 Å². The SMILES string of the molecule is CCCC(C)(O)CCCC(C)C(=O)[O-]. The molecule has 0 rings (SSSR count). The Kier molecular flexibility index (Phi) is 5.77. The van der Waals surface area contributed by atoms with Crippen LogP contribution in [0.3, 0.4) is 0 Å². The molecule has 1 N–H and O–H groups in total. The molecule has 0 aromatic heterocycles. The van der Waals surface area contributed by atoms with Gasteiger partial charge in [0.05, 0.1) is 5.60 Å². The zero-order valence-corrected chi connectivity index (χ0v) is 9.38. The molecule has 14 heavy (non-hydrogen) atoms. The smallest absolute Gasteiger partial charge is 0.0619 e. The third-order valence-corrected chi connectivity index (χ3v) is 2.54. The Morgan fingerprint density at radius 3 is 2.50 bits per heavy atom. The first-order chi connectivity index (χ1) is 6.39. The van der Waals surface area contributed by atoms with Crippen molar-refractivity contribution in [3.8, 4) is 0 Å². The molecule has 3 heteroatoms. The van der Waals surface area contributed by atoms with Gasteiger partial charge in [-0.3, -0.25) is 0 Å². The standard InChI is InChI=1S/C11H22O3/c1-4-7-11(3,14)8-5-6-9(2)10(12)13/h9,14H,4-8H2,1-3H3,(H,12,13)/p-1. The largest absolute Gasteiger partial charge is 0.550 e. The number of carboxylic acid groups (broad SMARTS) is 1. The minimum absolute atomic E-state index is 0.410. The van der Waals surface area contributed by atoms with E-state index in [0.29, 0.717) is 12.8 Å². The molecule has 2 unspecified atom stereocenters. The van der Waals surface area contributed by atoms with Crippen molar-refractivity contribution in [1.82, 2.24) is 0 Å². The molecule has 0 aromatic rings. The van der Waals surface area contributed by atoms with Crippen LogP contribution in [0.4, 0.5) is 0 Å². The van der Waals surface area contributed by atoms with E-state index in [1.54, 1.807) is 13.8 Å². The fourth-order valence-electron chi connectivity index (χ4n) is 1.57. The van der Waals surface area contributed by atoms with Crippen molar-refractivity contribution in [2.75, 3.05) is 0 Å². The van der Waals surface area contributed by atoms with Gasteiger partial charge in [-0.05, 0) is 38.5 Å². The zero-order chi connectivity index (χ0) is 11.2. The van der Waals surface area contributed by atoms with Gasteiger partial charge in [-0.25, -0.2) is 0 Å². The maximum atomic E-state index is 10.4. The summed E-state index contributed by atoms with van der Waals surface area (Å²) in [5, 5.41) is 20.2. The molecule has 2 atom stereocenters. The normalized spacial score (nSPS) is 17.4. The quantitative estimate of drug-likeness (QED) is 0.670. The predicted molar refractivity (Wildman–Crippen MR) is 53.6 cm³/mol. The van der Waals surface area contributed by atoms with Crippen LogP contribution in [0.5, 0.6) is 0 Å². The molecule has 0 amide bonds. The van der Waals surface area contributed by atoms with Crippen molar-refractivity contribution in [1.29, 1.82) is 0 Å². The highest BCUT2D eigenvalue weighted by molar-refractivity contribution is 5.66. The van der Waals surface area contributed by atoms with Crippen LogP contribution in [0.15, 0.2) is 0 Å². The average Bonchev–Trinajstić information content (AvgIpc) is 2.03. The predicted octanol–water partition coefficient (Wildman–Crippen LogP) is 1.09. The summed E-state index contributed by atoms with van der Waals surface area (Å²) in [4.78, 5) is 10.4. The lowest BCUT2D eigenvalue weighted by molar-refractivity contribution is -0.311. The summed E-state index contributed by atoms with van der Waals surface area (Å²) in [5.74, 6) is -1.41. The van der Waals surface area contributed by atoms with E-state index in [1.807, 2.05) is 6.92 Å². The number of hydrogen-bond donors (Lipinski definition) is 1. The number of rotatable bonds is 7. The Bertz CT molecular complexity index is 175. The molecule has 0 saturated carbocycles. The van der Waals surface area contributed by atoms with Crippen molar-refractivity contribution >= 4 is 5.97 Å². The van der Waals surface area contributed by atoms with E-state index in [0.717, 1.165) is 19.3 Å². The van der Waals surface area contributed by atoms with Gasteiger partial charge in [0.2, 0.25) is 0 Å². The molecule has 0 aliphatic heterocycles. The van der Waals surface area contributed by atoms with Gasteiger partial charge in [0.15, 0.2) is 0 Å². The summed E-state index contributed by atoms with van der Waals surface area (Å²) in [5.41, 5.74) is -0.638. The Morgan fingerprint density at radius 1 is 1.50 bits per heavy atom. The molecule has 0 aromatic carbocycles. The van der Waals surface area contributed by atoms with Gasteiger partial charge in [-0.2, -0.15) is 0 Å². The second-order valence-electron chi connectivity index (χ2n) is 4.36. The van der Waals surface area contributed by atoms with Crippen LogP contribution in [0.2, 0.25) is 0 Å². The third-order valence-electron chi connectivity index (χ3n) is 2.54. The van der Waals surface area contributed by atoms with E-state index in [-0.39, 0.29) is 0 Å². The van der Waals surface area contributed by atoms with Gasteiger partial charge in [-0.1, -0.05) is 20.3 Å². The highest BCUT2D eigenvalue weighted by Gasteiger charge is 2.18. The Labute approximate surface area is 86.1 Å². The van der Waals surface area contributed by atoms with Gasteiger partial charge in [0.25, 0.3) is 0 Å². The second kappa shape index (κ2) is 6.02. The maximum absolute atomic E-state index is 10.4. The Balaban J connectivity index is 3.67. The number of carbonyl (C=O) groups is 1. The molecular weight excluding hydrogens is 180 g/mol. The first kappa shape index (κ1) is 13.4. The van der Waals surface area contributed by atoms with Gasteiger partial charge < -0.3 is 15.0 Å². The second-order valence-corrected chi connectivity index (χ2v) is 4.36. The van der Waals surface area contributed by atoms with Crippen LogP contribution in [0.25, 0.3) is 0 Å². The van der Waals surface area contributed by atoms with Crippen LogP contribution in [-0.2, 0) is 4.79 Å². The molecule has 0 fully saturated rings. The van der Waals surface area contributed by atoms with Crippen molar-refractivity contribution in [2.24, 2.45) is 5.92 Å². The van der Waals surface area contributed by atoms with E-state index in [2.05, 4.69) is 0 Å². The summed E-state index contributed by atoms with van der Waals surface area (Å²) >= 11 is 0. The van der Waals surface area contributed by atoms with Gasteiger partial charge in [0.1, 0.15) is 0 Å². The highest BCUT2D eigenvalue weighted by atomic mass is 16.4. The van der Waals surface area contributed by atoms with E-state index < -0.39 is 17.5 Å². The topological polar surface area (TPSA) is 60.4 Å². The Morgan fingerprint density at radius 2 is 2.07 bits per heavy atom. The first-order valence-electron chi connectivity index (χ1n) is 5.32. The fourth-order valence-corrected chi connectivity index (χ4v) is 1.57. The molecule has 0 bridgehead atoms. The molecule has 0 aliphatic rings. The molecule has 0 heterocycles. The van der Waals surface area contributed by atoms with E-state index in [1.165, 1.54) is 0 Å². The summed E-state index contributed by atoms with van der Waals surface area (Å²) in [7, 11) is 0. The highest BCUT2D eigenvalue weighted by Crippen LogP contribution is 2.20. The minimum atomic E-state index is -1.000. The van der Waals surface area contributed by atoms with Crippen LogP contribution in [-0.4, -0.2) is 16.7 Å². The van der Waals surface area contributed by atoms with E-state index >= 15 is 0 Å². The monoisotopic (exact) mass is 201 g/mol. The van der Waals surface area contributed by atoms with Crippen molar-refractivity contribution in [3.05, 3.63) is 0 Å². The number of carboxylic acids is 1. The lowest BCUT2D eigenvalue weighted by Gasteiger charge is -2.23. The van der Waals surface area contributed by atoms with E-state index in [9.17, 15) is 15.0 Å². The number of aliphatic carboxylic acids is 1. The van der Waals surface area contributed by atoms with Crippen molar-refractivity contribution in [3.63, 3.8) is 0 Å². The van der Waals surface area contributed by atoms with Crippen LogP contribution in [0, 0.1) is 5.92 Å². The third kappa shape index (κ3) is 5.97. The summed E-state index contributed by atoms with van der Waals surface area (Å²) in [6, 6.07) is 0. The fraction of sp³-hybridized carbons (Fsp3) is 0.909.